The molecule has 0 unspecified atom stereocenters. The molecule has 1 heterocycles. The molecule has 1 atom stereocenters. The van der Waals surface area contributed by atoms with Crippen LogP contribution in [0.3, 0.4) is 0 Å². The molecule has 0 radical (unpaired) electrons. The number of ether oxygens (including phenoxy) is 5. The monoisotopic (exact) mass is 412 g/mol. The third-order valence-corrected chi connectivity index (χ3v) is 4.39. The quantitative estimate of drug-likeness (QED) is 0.478. The van der Waals surface area contributed by atoms with Crippen LogP contribution in [0, 0.1) is 0 Å². The molecule has 0 saturated heterocycles. The van der Waals surface area contributed by atoms with E-state index < -0.39 is 12.1 Å². The minimum atomic E-state index is -0.856. The van der Waals surface area contributed by atoms with Crippen molar-refractivity contribution in [2.45, 2.75) is 26.9 Å². The molecule has 0 spiro atoms. The van der Waals surface area contributed by atoms with Crippen LogP contribution in [0.15, 0.2) is 42.2 Å². The van der Waals surface area contributed by atoms with Crippen molar-refractivity contribution in [2.24, 2.45) is 0 Å². The predicted octanol–water partition coefficient (Wildman–Crippen LogP) is 4.04. The van der Waals surface area contributed by atoms with Crippen molar-refractivity contribution in [3.05, 3.63) is 53.3 Å². The van der Waals surface area contributed by atoms with Gasteiger partial charge in [-0.15, -0.1) is 0 Å². The first-order chi connectivity index (χ1) is 14.5. The van der Waals surface area contributed by atoms with Crippen LogP contribution >= 0.6 is 0 Å². The van der Waals surface area contributed by atoms with Crippen molar-refractivity contribution < 1.29 is 33.3 Å². The zero-order chi connectivity index (χ0) is 21.7. The van der Waals surface area contributed by atoms with Gasteiger partial charge in [0.15, 0.2) is 23.4 Å². The van der Waals surface area contributed by atoms with E-state index in [0.717, 1.165) is 0 Å². The van der Waals surface area contributed by atoms with Crippen LogP contribution in [0.1, 0.15) is 36.7 Å². The number of benzene rings is 2. The Morgan fingerprint density at radius 3 is 2.67 bits per heavy atom. The molecule has 0 bridgehead atoms. The number of ketones is 1. The van der Waals surface area contributed by atoms with E-state index in [1.54, 1.807) is 63.4 Å². The van der Waals surface area contributed by atoms with Crippen molar-refractivity contribution in [2.75, 3.05) is 20.3 Å². The summed E-state index contributed by atoms with van der Waals surface area (Å²) in [4.78, 5) is 24.8. The van der Waals surface area contributed by atoms with E-state index in [1.807, 2.05) is 6.92 Å². The Hall–Kier alpha value is -3.48. The number of rotatable bonds is 8. The molecule has 158 valence electrons. The van der Waals surface area contributed by atoms with E-state index in [2.05, 4.69) is 0 Å². The normalized spacial score (nSPS) is 14.7. The second-order valence-electron chi connectivity index (χ2n) is 6.42. The van der Waals surface area contributed by atoms with Crippen LogP contribution in [0.4, 0.5) is 0 Å². The predicted molar refractivity (Wildman–Crippen MR) is 110 cm³/mol. The fourth-order valence-corrected chi connectivity index (χ4v) is 2.96. The van der Waals surface area contributed by atoms with Gasteiger partial charge in [-0.05, 0) is 45.0 Å². The Morgan fingerprint density at radius 1 is 1.17 bits per heavy atom. The zero-order valence-corrected chi connectivity index (χ0v) is 17.4. The average molecular weight is 412 g/mol. The first-order valence-corrected chi connectivity index (χ1v) is 9.69. The Kier molecular flexibility index (Phi) is 6.61. The number of hydrogen-bond acceptors (Lipinski definition) is 7. The highest BCUT2D eigenvalue weighted by molar-refractivity contribution is 6.14. The number of carbonyl (C=O) groups excluding carboxylic acids is 2. The first kappa shape index (κ1) is 21.2. The van der Waals surface area contributed by atoms with Crippen LogP contribution < -0.4 is 18.9 Å². The topological polar surface area (TPSA) is 80.3 Å². The number of para-hydroxylation sites is 1. The summed E-state index contributed by atoms with van der Waals surface area (Å²) >= 11 is 0. The molecule has 7 nitrogen and oxygen atoms in total. The lowest BCUT2D eigenvalue weighted by Gasteiger charge is -2.18. The number of Topliss-reactive ketones (excluding diaryl/α,β-unsaturated/α-hetero) is 1. The highest BCUT2D eigenvalue weighted by Gasteiger charge is 2.29. The molecule has 1 aliphatic heterocycles. The van der Waals surface area contributed by atoms with Crippen molar-refractivity contribution >= 4 is 17.8 Å². The van der Waals surface area contributed by atoms with E-state index >= 15 is 0 Å². The summed E-state index contributed by atoms with van der Waals surface area (Å²) < 4.78 is 27.5. The Balaban J connectivity index is 1.96. The summed E-state index contributed by atoms with van der Waals surface area (Å²) in [5, 5.41) is 0. The van der Waals surface area contributed by atoms with Gasteiger partial charge in [-0.25, -0.2) is 4.79 Å². The summed E-state index contributed by atoms with van der Waals surface area (Å²) in [6.45, 7) is 5.82. The highest BCUT2D eigenvalue weighted by Crippen LogP contribution is 2.38. The van der Waals surface area contributed by atoms with Crippen LogP contribution in [-0.2, 0) is 9.53 Å². The lowest BCUT2D eigenvalue weighted by Crippen LogP contribution is -2.26. The fourth-order valence-electron chi connectivity index (χ4n) is 2.96. The average Bonchev–Trinajstić information content (AvgIpc) is 3.05. The molecule has 3 rings (SSSR count). The van der Waals surface area contributed by atoms with Gasteiger partial charge < -0.3 is 23.7 Å². The van der Waals surface area contributed by atoms with Crippen LogP contribution in [0.25, 0.3) is 6.08 Å². The fraction of sp³-hybridized carbons (Fsp3) is 0.304. The molecule has 0 aliphatic carbocycles. The molecular formula is C23H24O7. The Labute approximate surface area is 175 Å². The van der Waals surface area contributed by atoms with Crippen LogP contribution in [-0.4, -0.2) is 38.2 Å². The van der Waals surface area contributed by atoms with E-state index in [1.165, 1.54) is 0 Å². The molecule has 2 aromatic rings. The second kappa shape index (κ2) is 9.35. The largest absolute Gasteiger partial charge is 0.497 e. The Morgan fingerprint density at radius 2 is 1.97 bits per heavy atom. The maximum atomic E-state index is 12.8. The van der Waals surface area contributed by atoms with Gasteiger partial charge >= 0.3 is 5.97 Å². The van der Waals surface area contributed by atoms with Crippen molar-refractivity contribution in [3.8, 4) is 23.0 Å². The maximum Gasteiger partial charge on any atom is 0.347 e. The van der Waals surface area contributed by atoms with Gasteiger partial charge in [0.05, 0.1) is 25.9 Å². The Bertz CT molecular complexity index is 978. The lowest BCUT2D eigenvalue weighted by molar-refractivity contribution is -0.150. The third kappa shape index (κ3) is 4.40. The molecule has 0 N–H and O–H groups in total. The van der Waals surface area contributed by atoms with Crippen molar-refractivity contribution in [1.82, 2.24) is 0 Å². The van der Waals surface area contributed by atoms with Crippen molar-refractivity contribution in [3.63, 3.8) is 0 Å². The minimum absolute atomic E-state index is 0.139. The van der Waals surface area contributed by atoms with Gasteiger partial charge in [-0.2, -0.15) is 0 Å². The molecule has 2 aromatic carbocycles. The summed E-state index contributed by atoms with van der Waals surface area (Å²) in [7, 11) is 1.54. The molecule has 30 heavy (non-hydrogen) atoms. The van der Waals surface area contributed by atoms with E-state index in [4.69, 9.17) is 23.7 Å². The second-order valence-corrected chi connectivity index (χ2v) is 6.42. The molecule has 0 aromatic heterocycles. The SMILES string of the molecule is CCOC(=O)[C@H](C)Oc1c(/C=C2\Oc3cc(OC)ccc3C2=O)cccc1OCC. The van der Waals surface area contributed by atoms with Crippen molar-refractivity contribution in [1.29, 1.82) is 0 Å². The standard InChI is InChI=1S/C23H24O7/c1-5-27-18-9-7-8-15(22(18)29-14(3)23(25)28-6-2)12-20-21(24)17-11-10-16(26-4)13-19(17)30-20/h7-14H,5-6H2,1-4H3/b20-12-/t14-/m0/s1. The van der Waals surface area contributed by atoms with E-state index in [-0.39, 0.29) is 18.1 Å². The highest BCUT2D eigenvalue weighted by atomic mass is 16.6. The van der Waals surface area contributed by atoms with Gasteiger partial charge in [-0.3, -0.25) is 4.79 Å². The van der Waals surface area contributed by atoms with E-state index in [0.29, 0.717) is 40.7 Å². The zero-order valence-electron chi connectivity index (χ0n) is 17.4. The number of esters is 1. The van der Waals surface area contributed by atoms with Gasteiger partial charge in [-0.1, -0.05) is 12.1 Å². The van der Waals surface area contributed by atoms with Gasteiger partial charge in [0.1, 0.15) is 11.5 Å². The number of hydrogen-bond donors (Lipinski definition) is 0. The number of fused-ring (bicyclic) bond motifs is 1. The molecule has 0 amide bonds. The number of methoxy groups -OCH3 is 1. The molecule has 7 heteroatoms. The number of carbonyl (C=O) groups is 2. The maximum absolute atomic E-state index is 12.8. The minimum Gasteiger partial charge on any atom is -0.497 e. The molecule has 1 aliphatic rings. The van der Waals surface area contributed by atoms with Crippen LogP contribution in [0.2, 0.25) is 0 Å². The van der Waals surface area contributed by atoms with Gasteiger partial charge in [0.2, 0.25) is 5.78 Å². The van der Waals surface area contributed by atoms with Crippen LogP contribution in [0.5, 0.6) is 23.0 Å². The van der Waals surface area contributed by atoms with E-state index in [9.17, 15) is 9.59 Å². The molecule has 0 saturated carbocycles. The summed E-state index contributed by atoms with van der Waals surface area (Å²) in [6, 6.07) is 10.3. The summed E-state index contributed by atoms with van der Waals surface area (Å²) in [5.74, 6) is 1.20. The summed E-state index contributed by atoms with van der Waals surface area (Å²) in [6.07, 6.45) is 0.718. The summed E-state index contributed by atoms with van der Waals surface area (Å²) in [5.41, 5.74) is 0.991. The third-order valence-electron chi connectivity index (χ3n) is 4.39. The lowest BCUT2D eigenvalue weighted by atomic mass is 10.1. The smallest absolute Gasteiger partial charge is 0.347 e. The van der Waals surface area contributed by atoms with Gasteiger partial charge in [0, 0.05) is 11.6 Å². The molecule has 0 fully saturated rings. The number of allylic oxidation sites excluding steroid dienone is 1. The molecular weight excluding hydrogens is 388 g/mol. The first-order valence-electron chi connectivity index (χ1n) is 9.69. The van der Waals surface area contributed by atoms with Gasteiger partial charge in [0.25, 0.3) is 0 Å².